The Morgan fingerprint density at radius 3 is 2.80 bits per heavy atom. The molecule has 0 fully saturated rings. The third-order valence-corrected chi connectivity index (χ3v) is 2.92. The van der Waals surface area contributed by atoms with Crippen LogP contribution in [0.5, 0.6) is 5.75 Å². The Kier molecular flexibility index (Phi) is 4.25. The molecule has 0 unspecified atom stereocenters. The number of ether oxygens (including phenoxy) is 1. The highest BCUT2D eigenvalue weighted by Crippen LogP contribution is 2.20. The van der Waals surface area contributed by atoms with E-state index in [9.17, 15) is 4.79 Å². The molecule has 0 saturated heterocycles. The Morgan fingerprint density at radius 2 is 2.05 bits per heavy atom. The van der Waals surface area contributed by atoms with E-state index >= 15 is 0 Å². The molecule has 0 heterocycles. The van der Waals surface area contributed by atoms with Crippen LogP contribution < -0.4 is 15.8 Å². The molecule has 0 saturated carbocycles. The molecule has 2 aromatic rings. The van der Waals surface area contributed by atoms with Gasteiger partial charge in [-0.15, -0.1) is 0 Å². The first-order valence-corrected chi connectivity index (χ1v) is 6.50. The van der Waals surface area contributed by atoms with Gasteiger partial charge in [0.25, 0.3) is 5.91 Å². The molecule has 2 rings (SSSR count). The van der Waals surface area contributed by atoms with Crippen LogP contribution in [-0.4, -0.2) is 12.5 Å². The van der Waals surface area contributed by atoms with Gasteiger partial charge in [-0.25, -0.2) is 0 Å². The predicted octanol–water partition coefficient (Wildman–Crippen LogP) is 3.23. The van der Waals surface area contributed by atoms with E-state index in [-0.39, 0.29) is 5.91 Å². The van der Waals surface area contributed by atoms with Gasteiger partial charge < -0.3 is 15.8 Å². The third kappa shape index (κ3) is 3.29. The summed E-state index contributed by atoms with van der Waals surface area (Å²) in [6.07, 6.45) is 0. The maximum absolute atomic E-state index is 12.2. The molecule has 20 heavy (non-hydrogen) atoms. The zero-order chi connectivity index (χ0) is 14.5. The number of carbonyl (C=O) groups is 1. The average molecular weight is 270 g/mol. The summed E-state index contributed by atoms with van der Waals surface area (Å²) in [6, 6.07) is 12.5. The summed E-state index contributed by atoms with van der Waals surface area (Å²) < 4.78 is 5.39. The lowest BCUT2D eigenvalue weighted by Gasteiger charge is -2.10. The molecule has 0 atom stereocenters. The molecular weight excluding hydrogens is 252 g/mol. The van der Waals surface area contributed by atoms with Crippen molar-refractivity contribution in [2.75, 3.05) is 17.7 Å². The number of anilines is 2. The third-order valence-electron chi connectivity index (χ3n) is 2.92. The number of carbonyl (C=O) groups excluding carboxylic acids is 1. The molecule has 0 aliphatic carbocycles. The van der Waals surface area contributed by atoms with Crippen molar-refractivity contribution in [1.29, 1.82) is 0 Å². The Hall–Kier alpha value is -2.49. The normalized spacial score (nSPS) is 10.1. The average Bonchev–Trinajstić information content (AvgIpc) is 2.43. The van der Waals surface area contributed by atoms with Crippen molar-refractivity contribution in [3.05, 3.63) is 53.6 Å². The molecule has 0 aromatic heterocycles. The molecule has 3 N–H and O–H groups in total. The van der Waals surface area contributed by atoms with Crippen LogP contribution in [0, 0.1) is 6.92 Å². The van der Waals surface area contributed by atoms with Crippen molar-refractivity contribution in [1.82, 2.24) is 0 Å². The summed E-state index contributed by atoms with van der Waals surface area (Å²) >= 11 is 0. The van der Waals surface area contributed by atoms with Crippen molar-refractivity contribution < 1.29 is 9.53 Å². The Bertz CT molecular complexity index is 624. The van der Waals surface area contributed by atoms with Crippen molar-refractivity contribution in [3.63, 3.8) is 0 Å². The second kappa shape index (κ2) is 6.10. The van der Waals surface area contributed by atoms with Crippen LogP contribution in [0.3, 0.4) is 0 Å². The first kappa shape index (κ1) is 13.9. The lowest BCUT2D eigenvalue weighted by molar-refractivity contribution is 0.102. The fourth-order valence-corrected chi connectivity index (χ4v) is 1.86. The molecule has 4 heteroatoms. The standard InChI is InChI=1S/C16H18N2O2/c1-3-20-14-6-4-5-12(9-14)16(19)18-15-10-13(17)8-7-11(15)2/h4-10H,3,17H2,1-2H3,(H,18,19). The van der Waals surface area contributed by atoms with Crippen LogP contribution in [0.25, 0.3) is 0 Å². The van der Waals surface area contributed by atoms with Crippen LogP contribution in [0.15, 0.2) is 42.5 Å². The summed E-state index contributed by atoms with van der Waals surface area (Å²) in [5, 5.41) is 2.86. The number of nitrogen functional groups attached to an aromatic ring is 1. The Morgan fingerprint density at radius 1 is 1.25 bits per heavy atom. The number of hydrogen-bond donors (Lipinski definition) is 2. The molecule has 0 radical (unpaired) electrons. The van der Waals surface area contributed by atoms with E-state index in [1.165, 1.54) is 0 Å². The van der Waals surface area contributed by atoms with E-state index < -0.39 is 0 Å². The second-order valence-corrected chi connectivity index (χ2v) is 4.49. The Balaban J connectivity index is 2.19. The molecule has 0 bridgehead atoms. The van der Waals surface area contributed by atoms with Gasteiger partial charge in [0.15, 0.2) is 0 Å². The Labute approximate surface area is 118 Å². The van der Waals surface area contributed by atoms with E-state index in [0.29, 0.717) is 23.6 Å². The number of amides is 1. The summed E-state index contributed by atoms with van der Waals surface area (Å²) in [5.41, 5.74) is 8.59. The van der Waals surface area contributed by atoms with Gasteiger partial charge in [-0.2, -0.15) is 0 Å². The van der Waals surface area contributed by atoms with Gasteiger partial charge in [-0.05, 0) is 49.7 Å². The maximum atomic E-state index is 12.2. The minimum atomic E-state index is -0.180. The molecular formula is C16H18N2O2. The quantitative estimate of drug-likeness (QED) is 0.838. The minimum Gasteiger partial charge on any atom is -0.494 e. The van der Waals surface area contributed by atoms with Crippen LogP contribution in [0.2, 0.25) is 0 Å². The topological polar surface area (TPSA) is 64.3 Å². The van der Waals surface area contributed by atoms with Crippen LogP contribution in [-0.2, 0) is 0 Å². The monoisotopic (exact) mass is 270 g/mol. The second-order valence-electron chi connectivity index (χ2n) is 4.49. The van der Waals surface area contributed by atoms with Gasteiger partial charge in [0, 0.05) is 16.9 Å². The van der Waals surface area contributed by atoms with Crippen molar-refractivity contribution in [2.24, 2.45) is 0 Å². The number of rotatable bonds is 4. The van der Waals surface area contributed by atoms with Crippen molar-refractivity contribution >= 4 is 17.3 Å². The molecule has 4 nitrogen and oxygen atoms in total. The molecule has 0 aliphatic heterocycles. The summed E-state index contributed by atoms with van der Waals surface area (Å²) in [7, 11) is 0. The molecule has 104 valence electrons. The van der Waals surface area contributed by atoms with Gasteiger partial charge >= 0.3 is 0 Å². The lowest BCUT2D eigenvalue weighted by atomic mass is 10.1. The number of aryl methyl sites for hydroxylation is 1. The summed E-state index contributed by atoms with van der Waals surface area (Å²) in [4.78, 5) is 12.2. The van der Waals surface area contributed by atoms with Crippen molar-refractivity contribution in [2.45, 2.75) is 13.8 Å². The van der Waals surface area contributed by atoms with Crippen LogP contribution >= 0.6 is 0 Å². The zero-order valence-corrected chi connectivity index (χ0v) is 11.6. The smallest absolute Gasteiger partial charge is 0.255 e. The highest BCUT2D eigenvalue weighted by Gasteiger charge is 2.09. The molecule has 0 aliphatic rings. The number of hydrogen-bond acceptors (Lipinski definition) is 3. The van der Waals surface area contributed by atoms with Gasteiger partial charge in [-0.1, -0.05) is 12.1 Å². The SMILES string of the molecule is CCOc1cccc(C(=O)Nc2cc(N)ccc2C)c1. The van der Waals surface area contributed by atoms with E-state index in [2.05, 4.69) is 5.32 Å². The lowest BCUT2D eigenvalue weighted by Crippen LogP contribution is -2.13. The highest BCUT2D eigenvalue weighted by atomic mass is 16.5. The van der Waals surface area contributed by atoms with Gasteiger partial charge in [0.1, 0.15) is 5.75 Å². The van der Waals surface area contributed by atoms with E-state index in [0.717, 1.165) is 11.3 Å². The van der Waals surface area contributed by atoms with E-state index in [1.807, 2.05) is 26.0 Å². The first-order chi connectivity index (χ1) is 9.60. The maximum Gasteiger partial charge on any atom is 0.255 e. The number of nitrogens with one attached hydrogen (secondary N) is 1. The summed E-state index contributed by atoms with van der Waals surface area (Å²) in [6.45, 7) is 4.40. The highest BCUT2D eigenvalue weighted by molar-refractivity contribution is 6.05. The minimum absolute atomic E-state index is 0.180. The predicted molar refractivity (Wildman–Crippen MR) is 81.2 cm³/mol. The molecule has 0 spiro atoms. The zero-order valence-electron chi connectivity index (χ0n) is 11.6. The summed E-state index contributed by atoms with van der Waals surface area (Å²) in [5.74, 6) is 0.504. The molecule has 2 aromatic carbocycles. The number of nitrogens with two attached hydrogens (primary N) is 1. The van der Waals surface area contributed by atoms with E-state index in [4.69, 9.17) is 10.5 Å². The molecule has 1 amide bonds. The van der Waals surface area contributed by atoms with Crippen LogP contribution in [0.4, 0.5) is 11.4 Å². The van der Waals surface area contributed by atoms with Gasteiger partial charge in [0.05, 0.1) is 6.61 Å². The largest absolute Gasteiger partial charge is 0.494 e. The van der Waals surface area contributed by atoms with Gasteiger partial charge in [-0.3, -0.25) is 4.79 Å². The number of benzene rings is 2. The van der Waals surface area contributed by atoms with Crippen molar-refractivity contribution in [3.8, 4) is 5.75 Å². The van der Waals surface area contributed by atoms with Gasteiger partial charge in [0.2, 0.25) is 0 Å². The first-order valence-electron chi connectivity index (χ1n) is 6.50. The van der Waals surface area contributed by atoms with E-state index in [1.54, 1.807) is 30.3 Å². The fraction of sp³-hybridized carbons (Fsp3) is 0.188. The fourth-order valence-electron chi connectivity index (χ4n) is 1.86. The van der Waals surface area contributed by atoms with Crippen LogP contribution in [0.1, 0.15) is 22.8 Å².